The van der Waals surface area contributed by atoms with E-state index in [2.05, 4.69) is 0 Å². The van der Waals surface area contributed by atoms with Crippen molar-refractivity contribution in [3.05, 3.63) is 59.7 Å². The Balaban J connectivity index is 1.71. The average molecular weight is 385 g/mol. The van der Waals surface area contributed by atoms with Crippen molar-refractivity contribution in [2.75, 3.05) is 20.3 Å². The number of hydrogen-bond donors (Lipinski definition) is 1. The minimum Gasteiger partial charge on any atom is -0.493 e. The maximum Gasteiger partial charge on any atom is 0.407 e. The Hall–Kier alpha value is -2.73. The molecule has 1 saturated carbocycles. The lowest BCUT2D eigenvalue weighted by molar-refractivity contribution is 0.139. The van der Waals surface area contributed by atoms with Gasteiger partial charge in [0.25, 0.3) is 0 Å². The van der Waals surface area contributed by atoms with E-state index < -0.39 is 6.09 Å². The van der Waals surface area contributed by atoms with Gasteiger partial charge in [0.15, 0.2) is 0 Å². The number of carbonyl (C=O) groups is 1. The Kier molecular flexibility index (Phi) is 7.14. The standard InChI is InChI=1S/C22H27NO5/c1-26-10-5-11-27-20-12-18(15-23(22(24)25)19-8-9-19)13-21(14-20)28-16-17-6-3-2-4-7-17/h2-4,6-7,12-14,19H,5,8-11,15-16H2,1H3,(H,24,25). The van der Waals surface area contributed by atoms with Gasteiger partial charge in [-0.15, -0.1) is 0 Å². The minimum atomic E-state index is -0.888. The lowest BCUT2D eigenvalue weighted by atomic mass is 10.2. The van der Waals surface area contributed by atoms with Crippen LogP contribution >= 0.6 is 0 Å². The number of hydrogen-bond acceptors (Lipinski definition) is 4. The summed E-state index contributed by atoms with van der Waals surface area (Å²) in [6.07, 6.45) is 1.75. The molecular formula is C22H27NO5. The molecule has 0 saturated heterocycles. The summed E-state index contributed by atoms with van der Waals surface area (Å²) in [6, 6.07) is 15.7. The average Bonchev–Trinajstić information content (AvgIpc) is 3.53. The molecule has 0 spiro atoms. The quantitative estimate of drug-likeness (QED) is 0.583. The van der Waals surface area contributed by atoms with Gasteiger partial charge in [0.1, 0.15) is 18.1 Å². The molecule has 1 fully saturated rings. The first-order valence-corrected chi connectivity index (χ1v) is 9.57. The summed E-state index contributed by atoms with van der Waals surface area (Å²) in [4.78, 5) is 13.1. The SMILES string of the molecule is COCCCOc1cc(CN(C(=O)O)C2CC2)cc(OCc2ccccc2)c1. The van der Waals surface area contributed by atoms with Gasteiger partial charge in [-0.1, -0.05) is 30.3 Å². The molecule has 28 heavy (non-hydrogen) atoms. The molecule has 0 bridgehead atoms. The van der Waals surface area contributed by atoms with Crippen LogP contribution in [0.3, 0.4) is 0 Å². The highest BCUT2D eigenvalue weighted by atomic mass is 16.5. The Morgan fingerprint density at radius 3 is 2.39 bits per heavy atom. The number of nitrogens with zero attached hydrogens (tertiary/aromatic N) is 1. The Labute approximate surface area is 165 Å². The van der Waals surface area contributed by atoms with Crippen molar-refractivity contribution < 1.29 is 24.1 Å². The molecular weight excluding hydrogens is 358 g/mol. The van der Waals surface area contributed by atoms with Crippen LogP contribution in [0.15, 0.2) is 48.5 Å². The predicted molar refractivity (Wildman–Crippen MR) is 106 cm³/mol. The fraction of sp³-hybridized carbons (Fsp3) is 0.409. The first kappa shape index (κ1) is 20.0. The molecule has 6 nitrogen and oxygen atoms in total. The van der Waals surface area contributed by atoms with Crippen LogP contribution in [0, 0.1) is 0 Å². The molecule has 1 amide bonds. The second-order valence-electron chi connectivity index (χ2n) is 6.92. The van der Waals surface area contributed by atoms with Crippen molar-refractivity contribution in [2.45, 2.75) is 38.5 Å². The summed E-state index contributed by atoms with van der Waals surface area (Å²) >= 11 is 0. The van der Waals surface area contributed by atoms with Gasteiger partial charge >= 0.3 is 6.09 Å². The summed E-state index contributed by atoms with van der Waals surface area (Å²) in [7, 11) is 1.66. The molecule has 6 heteroatoms. The molecule has 0 aromatic heterocycles. The van der Waals surface area contributed by atoms with Crippen molar-refractivity contribution in [2.24, 2.45) is 0 Å². The van der Waals surface area contributed by atoms with Gasteiger partial charge in [-0.3, -0.25) is 0 Å². The van der Waals surface area contributed by atoms with Crippen LogP contribution in [0.25, 0.3) is 0 Å². The Morgan fingerprint density at radius 1 is 1.04 bits per heavy atom. The number of carboxylic acid groups (broad SMARTS) is 1. The number of amides is 1. The molecule has 0 aliphatic heterocycles. The number of ether oxygens (including phenoxy) is 3. The third-order valence-electron chi connectivity index (χ3n) is 4.54. The van der Waals surface area contributed by atoms with Crippen LogP contribution in [0.4, 0.5) is 4.79 Å². The lowest BCUT2D eigenvalue weighted by Crippen LogP contribution is -2.30. The van der Waals surface area contributed by atoms with E-state index in [1.165, 1.54) is 4.90 Å². The van der Waals surface area contributed by atoms with Crippen LogP contribution in [-0.4, -0.2) is 42.5 Å². The lowest BCUT2D eigenvalue weighted by Gasteiger charge is -2.20. The maximum atomic E-state index is 11.6. The van der Waals surface area contributed by atoms with Crippen molar-refractivity contribution >= 4 is 6.09 Å². The van der Waals surface area contributed by atoms with Crippen LogP contribution < -0.4 is 9.47 Å². The molecule has 1 N–H and O–H groups in total. The van der Waals surface area contributed by atoms with Crippen molar-refractivity contribution in [1.82, 2.24) is 4.90 Å². The topological polar surface area (TPSA) is 68.2 Å². The van der Waals surface area contributed by atoms with Gasteiger partial charge in [0.2, 0.25) is 0 Å². The van der Waals surface area contributed by atoms with E-state index in [1.54, 1.807) is 7.11 Å². The van der Waals surface area contributed by atoms with Crippen molar-refractivity contribution in [3.63, 3.8) is 0 Å². The van der Waals surface area contributed by atoms with E-state index in [0.717, 1.165) is 30.4 Å². The maximum absolute atomic E-state index is 11.6. The van der Waals surface area contributed by atoms with Crippen LogP contribution in [0.5, 0.6) is 11.5 Å². The summed E-state index contributed by atoms with van der Waals surface area (Å²) < 4.78 is 16.8. The van der Waals surface area contributed by atoms with Crippen molar-refractivity contribution in [1.29, 1.82) is 0 Å². The van der Waals surface area contributed by atoms with E-state index in [4.69, 9.17) is 14.2 Å². The van der Waals surface area contributed by atoms with Gasteiger partial charge in [-0.2, -0.15) is 0 Å². The van der Waals surface area contributed by atoms with Crippen molar-refractivity contribution in [3.8, 4) is 11.5 Å². The van der Waals surface area contributed by atoms with Gasteiger partial charge in [-0.25, -0.2) is 4.79 Å². The summed E-state index contributed by atoms with van der Waals surface area (Å²) in [5, 5.41) is 9.49. The first-order valence-electron chi connectivity index (χ1n) is 9.57. The van der Waals surface area contributed by atoms with Gasteiger partial charge in [0.05, 0.1) is 6.61 Å². The van der Waals surface area contributed by atoms with Gasteiger partial charge in [0, 0.05) is 38.8 Å². The zero-order valence-electron chi connectivity index (χ0n) is 16.2. The zero-order valence-corrected chi connectivity index (χ0v) is 16.2. The normalized spacial score (nSPS) is 13.2. The molecule has 2 aromatic rings. The monoisotopic (exact) mass is 385 g/mol. The summed E-state index contributed by atoms with van der Waals surface area (Å²) in [5.41, 5.74) is 1.93. The second kappa shape index (κ2) is 9.99. The van der Waals surface area contributed by atoms with Crippen LogP contribution in [0.2, 0.25) is 0 Å². The molecule has 0 radical (unpaired) electrons. The van der Waals surface area contributed by atoms with E-state index >= 15 is 0 Å². The number of benzene rings is 2. The number of rotatable bonds is 11. The minimum absolute atomic E-state index is 0.123. The molecule has 150 valence electrons. The predicted octanol–water partition coefficient (Wildman–Crippen LogP) is 4.32. The fourth-order valence-electron chi connectivity index (χ4n) is 2.96. The van der Waals surface area contributed by atoms with Crippen LogP contribution in [0.1, 0.15) is 30.4 Å². The number of methoxy groups -OCH3 is 1. The third kappa shape index (κ3) is 6.16. The Morgan fingerprint density at radius 2 is 1.75 bits per heavy atom. The first-order chi connectivity index (χ1) is 13.7. The molecule has 2 aromatic carbocycles. The smallest absolute Gasteiger partial charge is 0.407 e. The highest BCUT2D eigenvalue weighted by molar-refractivity contribution is 5.66. The molecule has 1 aliphatic rings. The largest absolute Gasteiger partial charge is 0.493 e. The molecule has 3 rings (SSSR count). The third-order valence-corrected chi connectivity index (χ3v) is 4.54. The fourth-order valence-corrected chi connectivity index (χ4v) is 2.96. The summed E-state index contributed by atoms with van der Waals surface area (Å²) in [6.45, 7) is 1.93. The zero-order chi connectivity index (χ0) is 19.8. The Bertz CT molecular complexity index is 761. The van der Waals surface area contributed by atoms with E-state index in [1.807, 2.05) is 48.5 Å². The van der Waals surface area contributed by atoms with E-state index in [-0.39, 0.29) is 6.04 Å². The molecule has 0 atom stereocenters. The van der Waals surface area contributed by atoms with E-state index in [9.17, 15) is 9.90 Å². The highest BCUT2D eigenvalue weighted by Gasteiger charge is 2.32. The molecule has 0 unspecified atom stereocenters. The molecule has 1 aliphatic carbocycles. The van der Waals surface area contributed by atoms with E-state index in [0.29, 0.717) is 37.9 Å². The van der Waals surface area contributed by atoms with Crippen LogP contribution in [-0.2, 0) is 17.9 Å². The second-order valence-corrected chi connectivity index (χ2v) is 6.92. The summed E-state index contributed by atoms with van der Waals surface area (Å²) in [5.74, 6) is 1.35. The van der Waals surface area contributed by atoms with Gasteiger partial charge < -0.3 is 24.2 Å². The van der Waals surface area contributed by atoms with Gasteiger partial charge in [-0.05, 0) is 36.1 Å². The molecule has 0 heterocycles. The highest BCUT2D eigenvalue weighted by Crippen LogP contribution is 2.31.